The van der Waals surface area contributed by atoms with E-state index < -0.39 is 10.9 Å². The number of halogens is 3. The fourth-order valence-electron chi connectivity index (χ4n) is 2.07. The molecule has 0 heterocycles. The number of amides is 1. The van der Waals surface area contributed by atoms with Crippen LogP contribution in [0.2, 0.25) is 0 Å². The number of hydrogen-bond acceptors (Lipinski definition) is 3. The Hall–Kier alpha value is -1.37. The first-order chi connectivity index (χ1) is 9.33. The average Bonchev–Trinajstić information content (AvgIpc) is 3.15. The number of carbonyl (C=O) groups is 1. The third-order valence-corrected chi connectivity index (χ3v) is 4.04. The van der Waals surface area contributed by atoms with E-state index in [1.54, 1.807) is 24.3 Å². The summed E-state index contributed by atoms with van der Waals surface area (Å²) >= 11 is -0.127. The number of nitrogens with two attached hydrogens (primary N) is 1. The van der Waals surface area contributed by atoms with Gasteiger partial charge in [-0.05, 0) is 42.3 Å². The lowest BCUT2D eigenvalue weighted by molar-refractivity contribution is -0.123. The molecule has 1 aliphatic carbocycles. The molecule has 3 N–H and O–H groups in total. The standard InChI is InChI=1S/C13H15F3N2OS/c14-13(15,16)20-8-7-18-11(19)12(5-6-12)9-1-3-10(17)4-2-9/h1-4H,5-8,17H2,(H,18,19). The van der Waals surface area contributed by atoms with Gasteiger partial charge >= 0.3 is 5.51 Å². The van der Waals surface area contributed by atoms with Crippen LogP contribution in [0.25, 0.3) is 0 Å². The van der Waals surface area contributed by atoms with Crippen molar-refractivity contribution in [1.29, 1.82) is 0 Å². The van der Waals surface area contributed by atoms with Gasteiger partial charge in [0, 0.05) is 18.0 Å². The molecule has 0 saturated heterocycles. The Kier molecular flexibility index (Phi) is 4.17. The fourth-order valence-corrected chi connectivity index (χ4v) is 2.51. The van der Waals surface area contributed by atoms with E-state index in [-0.39, 0.29) is 30.0 Å². The molecular formula is C13H15F3N2OS. The van der Waals surface area contributed by atoms with Crippen LogP contribution in [0.3, 0.4) is 0 Å². The Balaban J connectivity index is 1.87. The predicted octanol–water partition coefficient (Wildman–Crippen LogP) is 2.67. The zero-order valence-electron chi connectivity index (χ0n) is 10.7. The number of carbonyl (C=O) groups excluding carboxylic acids is 1. The topological polar surface area (TPSA) is 55.1 Å². The van der Waals surface area contributed by atoms with Gasteiger partial charge in [-0.25, -0.2) is 0 Å². The minimum atomic E-state index is -4.25. The van der Waals surface area contributed by atoms with Crippen LogP contribution in [0.15, 0.2) is 24.3 Å². The van der Waals surface area contributed by atoms with Gasteiger partial charge < -0.3 is 11.1 Å². The highest BCUT2D eigenvalue weighted by Crippen LogP contribution is 2.48. The van der Waals surface area contributed by atoms with Crippen LogP contribution >= 0.6 is 11.8 Å². The molecule has 0 atom stereocenters. The quantitative estimate of drug-likeness (QED) is 0.649. The van der Waals surface area contributed by atoms with E-state index in [4.69, 9.17) is 5.73 Å². The summed E-state index contributed by atoms with van der Waals surface area (Å²) in [5.74, 6) is -0.377. The fraction of sp³-hybridized carbons (Fsp3) is 0.462. The molecule has 1 aliphatic rings. The number of hydrogen-bond donors (Lipinski definition) is 2. The first-order valence-corrected chi connectivity index (χ1v) is 7.17. The second-order valence-electron chi connectivity index (χ2n) is 4.75. The average molecular weight is 304 g/mol. The van der Waals surface area contributed by atoms with E-state index in [9.17, 15) is 18.0 Å². The molecule has 0 spiro atoms. The minimum Gasteiger partial charge on any atom is -0.399 e. The summed E-state index contributed by atoms with van der Waals surface area (Å²) in [7, 11) is 0. The number of benzene rings is 1. The van der Waals surface area contributed by atoms with Crippen LogP contribution in [0, 0.1) is 0 Å². The molecule has 0 radical (unpaired) electrons. The summed E-state index contributed by atoms with van der Waals surface area (Å²) < 4.78 is 35.9. The summed E-state index contributed by atoms with van der Waals surface area (Å²) in [5.41, 5.74) is 2.26. The molecule has 20 heavy (non-hydrogen) atoms. The lowest BCUT2D eigenvalue weighted by Gasteiger charge is -2.16. The number of nitrogens with one attached hydrogen (secondary N) is 1. The first-order valence-electron chi connectivity index (χ1n) is 6.18. The molecular weight excluding hydrogens is 289 g/mol. The van der Waals surface area contributed by atoms with E-state index in [0.717, 1.165) is 18.4 Å². The zero-order chi connectivity index (χ0) is 14.8. The summed E-state index contributed by atoms with van der Waals surface area (Å²) in [6.07, 6.45) is 1.43. The molecule has 1 aromatic rings. The monoisotopic (exact) mass is 304 g/mol. The maximum Gasteiger partial charge on any atom is 0.441 e. The molecule has 0 aliphatic heterocycles. The van der Waals surface area contributed by atoms with Crippen molar-refractivity contribution in [2.24, 2.45) is 0 Å². The van der Waals surface area contributed by atoms with Crippen LogP contribution in [0.4, 0.5) is 18.9 Å². The van der Waals surface area contributed by atoms with Gasteiger partial charge in [-0.3, -0.25) is 4.79 Å². The van der Waals surface area contributed by atoms with Crippen molar-refractivity contribution in [2.75, 3.05) is 18.0 Å². The van der Waals surface area contributed by atoms with Gasteiger partial charge in [0.1, 0.15) is 0 Å². The second kappa shape index (κ2) is 5.55. The summed E-state index contributed by atoms with van der Waals surface area (Å²) in [6.45, 7) is 0.0136. The number of alkyl halides is 3. The van der Waals surface area contributed by atoms with E-state index >= 15 is 0 Å². The van der Waals surface area contributed by atoms with Crippen molar-refractivity contribution < 1.29 is 18.0 Å². The van der Waals surface area contributed by atoms with E-state index in [1.165, 1.54) is 0 Å². The van der Waals surface area contributed by atoms with E-state index in [0.29, 0.717) is 5.69 Å². The first kappa shape index (κ1) is 15.0. The highest BCUT2D eigenvalue weighted by molar-refractivity contribution is 8.00. The lowest BCUT2D eigenvalue weighted by Crippen LogP contribution is -2.36. The molecule has 1 amide bonds. The molecule has 3 nitrogen and oxygen atoms in total. The maximum atomic E-state index is 12.1. The predicted molar refractivity (Wildman–Crippen MR) is 73.3 cm³/mol. The Morgan fingerprint density at radius 3 is 2.40 bits per heavy atom. The van der Waals surface area contributed by atoms with Crippen LogP contribution in [0.5, 0.6) is 0 Å². The Labute approximate surface area is 119 Å². The van der Waals surface area contributed by atoms with Crippen molar-refractivity contribution in [3.05, 3.63) is 29.8 Å². The Bertz CT molecular complexity index is 483. The molecule has 110 valence electrons. The van der Waals surface area contributed by atoms with Crippen molar-refractivity contribution in [1.82, 2.24) is 5.32 Å². The molecule has 1 fully saturated rings. The Morgan fingerprint density at radius 2 is 1.90 bits per heavy atom. The molecule has 2 rings (SSSR count). The van der Waals surface area contributed by atoms with Crippen molar-refractivity contribution in [3.63, 3.8) is 0 Å². The van der Waals surface area contributed by atoms with Gasteiger partial charge in [0.25, 0.3) is 0 Å². The van der Waals surface area contributed by atoms with Crippen LogP contribution in [0.1, 0.15) is 18.4 Å². The highest BCUT2D eigenvalue weighted by Gasteiger charge is 2.51. The number of nitrogen functional groups attached to an aromatic ring is 1. The number of anilines is 1. The van der Waals surface area contributed by atoms with Gasteiger partial charge in [-0.15, -0.1) is 0 Å². The second-order valence-corrected chi connectivity index (χ2v) is 5.91. The van der Waals surface area contributed by atoms with Gasteiger partial charge in [-0.2, -0.15) is 13.2 Å². The largest absolute Gasteiger partial charge is 0.441 e. The maximum absolute atomic E-state index is 12.1. The van der Waals surface area contributed by atoms with Crippen LogP contribution in [-0.2, 0) is 10.2 Å². The normalized spacial score (nSPS) is 16.8. The van der Waals surface area contributed by atoms with Gasteiger partial charge in [0.2, 0.25) is 5.91 Å². The van der Waals surface area contributed by atoms with Gasteiger partial charge in [0.05, 0.1) is 5.41 Å². The van der Waals surface area contributed by atoms with Crippen molar-refractivity contribution >= 4 is 23.4 Å². The van der Waals surface area contributed by atoms with Crippen molar-refractivity contribution in [3.8, 4) is 0 Å². The molecule has 0 unspecified atom stereocenters. The molecule has 1 saturated carbocycles. The number of thioether (sulfide) groups is 1. The summed E-state index contributed by atoms with van der Waals surface area (Å²) in [5, 5.41) is 2.58. The van der Waals surface area contributed by atoms with E-state index in [2.05, 4.69) is 5.32 Å². The van der Waals surface area contributed by atoms with Crippen molar-refractivity contribution in [2.45, 2.75) is 23.8 Å². The molecule has 7 heteroatoms. The summed E-state index contributed by atoms with van der Waals surface area (Å²) in [4.78, 5) is 12.1. The number of rotatable bonds is 5. The van der Waals surface area contributed by atoms with E-state index in [1.807, 2.05) is 0 Å². The van der Waals surface area contributed by atoms with Gasteiger partial charge in [0.15, 0.2) is 0 Å². The highest BCUT2D eigenvalue weighted by atomic mass is 32.2. The molecule has 0 bridgehead atoms. The Morgan fingerprint density at radius 1 is 1.30 bits per heavy atom. The molecule has 0 aromatic heterocycles. The zero-order valence-corrected chi connectivity index (χ0v) is 11.5. The third kappa shape index (κ3) is 3.59. The van der Waals surface area contributed by atoms with Gasteiger partial charge in [-0.1, -0.05) is 12.1 Å². The SMILES string of the molecule is Nc1ccc(C2(C(=O)NCCSC(F)(F)F)CC2)cc1. The smallest absolute Gasteiger partial charge is 0.399 e. The minimum absolute atomic E-state index is 0.0136. The lowest BCUT2D eigenvalue weighted by atomic mass is 9.95. The molecule has 1 aromatic carbocycles. The summed E-state index contributed by atoms with van der Waals surface area (Å²) in [6, 6.07) is 7.04. The third-order valence-electron chi connectivity index (χ3n) is 3.30. The van der Waals surface area contributed by atoms with Crippen LogP contribution in [-0.4, -0.2) is 23.7 Å². The van der Waals surface area contributed by atoms with Crippen LogP contribution < -0.4 is 11.1 Å².